The van der Waals surface area contributed by atoms with Gasteiger partial charge in [0.15, 0.2) is 0 Å². The molecule has 1 heterocycles. The number of methoxy groups -OCH3 is 1. The molecule has 0 unspecified atom stereocenters. The lowest BCUT2D eigenvalue weighted by Crippen LogP contribution is -2.05. The van der Waals surface area contributed by atoms with Crippen molar-refractivity contribution in [1.29, 1.82) is 0 Å². The van der Waals surface area contributed by atoms with Crippen LogP contribution in [-0.2, 0) is 17.8 Å². The summed E-state index contributed by atoms with van der Waals surface area (Å²) in [5.74, 6) is 0.812. The molecule has 1 aromatic heterocycles. The Kier molecular flexibility index (Phi) is 3.31. The molecule has 0 fully saturated rings. The number of hydrogen-bond donors (Lipinski definition) is 1. The van der Waals surface area contributed by atoms with Crippen LogP contribution in [0.2, 0.25) is 0 Å². The van der Waals surface area contributed by atoms with Crippen molar-refractivity contribution in [1.82, 2.24) is 0 Å². The summed E-state index contributed by atoms with van der Waals surface area (Å²) in [6, 6.07) is 1.86. The summed E-state index contributed by atoms with van der Waals surface area (Å²) in [6.45, 7) is 2.28. The molecule has 68 valence electrons. The van der Waals surface area contributed by atoms with Crippen molar-refractivity contribution < 1.29 is 14.3 Å². The van der Waals surface area contributed by atoms with Gasteiger partial charge >= 0.3 is 0 Å². The lowest BCUT2D eigenvalue weighted by Gasteiger charge is -2.03. The summed E-state index contributed by atoms with van der Waals surface area (Å²) in [4.78, 5) is 0. The molecule has 3 heteroatoms. The Balaban J connectivity index is 2.63. The van der Waals surface area contributed by atoms with Crippen LogP contribution in [0.5, 0.6) is 0 Å². The van der Waals surface area contributed by atoms with E-state index in [1.807, 2.05) is 6.07 Å². The Bertz CT molecular complexity index is 227. The fourth-order valence-electron chi connectivity index (χ4n) is 1.10. The largest absolute Gasteiger partial charge is 0.469 e. The van der Waals surface area contributed by atoms with E-state index in [4.69, 9.17) is 14.3 Å². The average Bonchev–Trinajstić information content (AvgIpc) is 2.37. The van der Waals surface area contributed by atoms with Gasteiger partial charge in [-0.3, -0.25) is 0 Å². The monoisotopic (exact) mass is 170 g/mol. The van der Waals surface area contributed by atoms with Crippen molar-refractivity contribution in [3.8, 4) is 0 Å². The Morgan fingerprint density at radius 3 is 3.00 bits per heavy atom. The molecule has 0 saturated carbocycles. The van der Waals surface area contributed by atoms with Crippen molar-refractivity contribution in [3.63, 3.8) is 0 Å². The molecule has 1 rings (SSSR count). The summed E-state index contributed by atoms with van der Waals surface area (Å²) >= 11 is 0. The number of rotatable bonds is 4. The number of furan rings is 1. The van der Waals surface area contributed by atoms with Gasteiger partial charge in [-0.05, 0) is 13.0 Å². The SMILES string of the molecule is COCc1ccoc1C[C@@H](C)O. The van der Waals surface area contributed by atoms with E-state index < -0.39 is 0 Å². The van der Waals surface area contributed by atoms with E-state index in [0.29, 0.717) is 13.0 Å². The fraction of sp³-hybridized carbons (Fsp3) is 0.556. The first-order valence-corrected chi connectivity index (χ1v) is 3.96. The second kappa shape index (κ2) is 4.28. The van der Waals surface area contributed by atoms with Gasteiger partial charge in [0.25, 0.3) is 0 Å². The zero-order valence-corrected chi connectivity index (χ0v) is 7.41. The van der Waals surface area contributed by atoms with Crippen LogP contribution in [-0.4, -0.2) is 18.3 Å². The first-order chi connectivity index (χ1) is 5.74. The molecule has 0 radical (unpaired) electrons. The lowest BCUT2D eigenvalue weighted by atomic mass is 10.1. The maximum absolute atomic E-state index is 9.12. The predicted octanol–water partition coefficient (Wildman–Crippen LogP) is 1.35. The van der Waals surface area contributed by atoms with Gasteiger partial charge in [0.1, 0.15) is 5.76 Å². The van der Waals surface area contributed by atoms with Gasteiger partial charge in [-0.15, -0.1) is 0 Å². The highest BCUT2D eigenvalue weighted by Gasteiger charge is 2.08. The first kappa shape index (κ1) is 9.29. The van der Waals surface area contributed by atoms with E-state index in [1.54, 1.807) is 20.3 Å². The second-order valence-corrected chi connectivity index (χ2v) is 2.86. The van der Waals surface area contributed by atoms with Gasteiger partial charge in [0.2, 0.25) is 0 Å². The summed E-state index contributed by atoms with van der Waals surface area (Å²) in [5, 5.41) is 9.12. The minimum absolute atomic E-state index is 0.369. The zero-order chi connectivity index (χ0) is 8.97. The van der Waals surface area contributed by atoms with Crippen molar-refractivity contribution in [2.45, 2.75) is 26.1 Å². The Morgan fingerprint density at radius 2 is 2.42 bits per heavy atom. The zero-order valence-electron chi connectivity index (χ0n) is 7.41. The van der Waals surface area contributed by atoms with E-state index in [1.165, 1.54) is 0 Å². The highest BCUT2D eigenvalue weighted by Crippen LogP contribution is 2.13. The van der Waals surface area contributed by atoms with Crippen molar-refractivity contribution in [2.24, 2.45) is 0 Å². The maximum atomic E-state index is 9.12. The number of hydrogen-bond acceptors (Lipinski definition) is 3. The molecular weight excluding hydrogens is 156 g/mol. The third kappa shape index (κ3) is 2.36. The van der Waals surface area contributed by atoms with Gasteiger partial charge < -0.3 is 14.3 Å². The summed E-state index contributed by atoms with van der Waals surface area (Å²) in [5.41, 5.74) is 1.01. The van der Waals surface area contributed by atoms with Crippen LogP contribution in [0.15, 0.2) is 16.7 Å². The Hall–Kier alpha value is -0.800. The van der Waals surface area contributed by atoms with Crippen LogP contribution in [0.4, 0.5) is 0 Å². The van der Waals surface area contributed by atoms with Crippen molar-refractivity contribution in [3.05, 3.63) is 23.7 Å². The smallest absolute Gasteiger partial charge is 0.111 e. The topological polar surface area (TPSA) is 42.6 Å². The van der Waals surface area contributed by atoms with Gasteiger partial charge in [0, 0.05) is 19.1 Å². The van der Waals surface area contributed by atoms with Gasteiger partial charge in [-0.2, -0.15) is 0 Å². The molecule has 1 aromatic rings. The molecule has 0 aliphatic rings. The van der Waals surface area contributed by atoms with Crippen LogP contribution in [0.25, 0.3) is 0 Å². The second-order valence-electron chi connectivity index (χ2n) is 2.86. The van der Waals surface area contributed by atoms with Gasteiger partial charge in [0.05, 0.1) is 19.0 Å². The molecule has 0 saturated heterocycles. The first-order valence-electron chi connectivity index (χ1n) is 3.96. The fourth-order valence-corrected chi connectivity index (χ4v) is 1.10. The molecule has 0 spiro atoms. The average molecular weight is 170 g/mol. The van der Waals surface area contributed by atoms with Crippen molar-refractivity contribution >= 4 is 0 Å². The van der Waals surface area contributed by atoms with Crippen LogP contribution >= 0.6 is 0 Å². The highest BCUT2D eigenvalue weighted by molar-refractivity contribution is 5.16. The standard InChI is InChI=1S/C9H14O3/c1-7(10)5-9-8(6-11-2)3-4-12-9/h3-4,7,10H,5-6H2,1-2H3/t7-/m1/s1. The molecule has 12 heavy (non-hydrogen) atoms. The van der Waals surface area contributed by atoms with Gasteiger partial charge in [-0.1, -0.05) is 0 Å². The molecule has 1 N–H and O–H groups in total. The quantitative estimate of drug-likeness (QED) is 0.741. The molecule has 0 aliphatic carbocycles. The molecule has 0 bridgehead atoms. The normalized spacial score (nSPS) is 13.2. The number of aliphatic hydroxyl groups excluding tert-OH is 1. The van der Waals surface area contributed by atoms with Crippen LogP contribution < -0.4 is 0 Å². The van der Waals surface area contributed by atoms with E-state index in [9.17, 15) is 0 Å². The Morgan fingerprint density at radius 1 is 1.67 bits per heavy atom. The van der Waals surface area contributed by atoms with E-state index in [2.05, 4.69) is 0 Å². The third-order valence-corrected chi connectivity index (χ3v) is 1.62. The molecule has 0 amide bonds. The molecule has 3 nitrogen and oxygen atoms in total. The minimum atomic E-state index is -0.369. The molecule has 1 atom stereocenters. The highest BCUT2D eigenvalue weighted by atomic mass is 16.5. The van der Waals surface area contributed by atoms with Crippen LogP contribution in [0.1, 0.15) is 18.2 Å². The van der Waals surface area contributed by atoms with E-state index in [-0.39, 0.29) is 6.10 Å². The Labute approximate surface area is 72.0 Å². The van der Waals surface area contributed by atoms with Crippen molar-refractivity contribution in [2.75, 3.05) is 7.11 Å². The van der Waals surface area contributed by atoms with E-state index in [0.717, 1.165) is 11.3 Å². The lowest BCUT2D eigenvalue weighted by molar-refractivity contribution is 0.173. The van der Waals surface area contributed by atoms with Crippen LogP contribution in [0, 0.1) is 0 Å². The summed E-state index contributed by atoms with van der Waals surface area (Å²) in [6.07, 6.45) is 1.80. The predicted molar refractivity (Wildman–Crippen MR) is 44.8 cm³/mol. The third-order valence-electron chi connectivity index (χ3n) is 1.62. The van der Waals surface area contributed by atoms with Crippen LogP contribution in [0.3, 0.4) is 0 Å². The molecule has 0 aliphatic heterocycles. The van der Waals surface area contributed by atoms with E-state index >= 15 is 0 Å². The minimum Gasteiger partial charge on any atom is -0.469 e. The number of ether oxygens (including phenoxy) is 1. The summed E-state index contributed by atoms with van der Waals surface area (Å²) in [7, 11) is 1.64. The maximum Gasteiger partial charge on any atom is 0.111 e. The summed E-state index contributed by atoms with van der Waals surface area (Å²) < 4.78 is 10.2. The molecular formula is C9H14O3. The number of aliphatic hydroxyl groups is 1. The van der Waals surface area contributed by atoms with Gasteiger partial charge in [-0.25, -0.2) is 0 Å². The molecule has 0 aromatic carbocycles.